The molecule has 0 aliphatic rings. The van der Waals surface area contributed by atoms with E-state index in [4.69, 9.17) is 27.9 Å². The summed E-state index contributed by atoms with van der Waals surface area (Å²) in [4.78, 5) is 28.0. The Balaban J connectivity index is 2.60. The molecule has 0 atom stereocenters. The molecule has 1 aromatic carbocycles. The molecule has 6 nitrogen and oxygen atoms in total. The monoisotopic (exact) mass is 414 g/mol. The number of esters is 1. The number of halogens is 3. The summed E-state index contributed by atoms with van der Waals surface area (Å²) in [5.74, 6) is -1.82. The number of pyridine rings is 1. The Bertz CT molecular complexity index is 880. The number of anilines is 1. The van der Waals surface area contributed by atoms with E-state index in [2.05, 4.69) is 15.0 Å². The van der Waals surface area contributed by atoms with Crippen molar-refractivity contribution in [3.63, 3.8) is 0 Å². The highest BCUT2D eigenvalue weighted by molar-refractivity contribution is 6.36. The molecule has 0 aliphatic heterocycles. The van der Waals surface area contributed by atoms with Gasteiger partial charge in [-0.25, -0.2) is 19.0 Å². The van der Waals surface area contributed by atoms with Gasteiger partial charge in [0.1, 0.15) is 22.0 Å². The highest BCUT2D eigenvalue weighted by Gasteiger charge is 2.27. The van der Waals surface area contributed by atoms with Crippen LogP contribution in [0.2, 0.25) is 10.0 Å². The van der Waals surface area contributed by atoms with Crippen molar-refractivity contribution in [1.82, 2.24) is 4.98 Å². The summed E-state index contributed by atoms with van der Waals surface area (Å²) in [5.41, 5.74) is -1.49. The van der Waals surface area contributed by atoms with Crippen LogP contribution in [-0.4, -0.2) is 29.8 Å². The predicted octanol–water partition coefficient (Wildman–Crippen LogP) is 5.33. The number of aromatic nitrogens is 1. The first-order valence-electron chi connectivity index (χ1n) is 7.76. The van der Waals surface area contributed by atoms with Gasteiger partial charge in [0.2, 0.25) is 0 Å². The lowest BCUT2D eigenvalue weighted by atomic mass is 10.1. The molecule has 1 heterocycles. The molecule has 2 aromatic rings. The van der Waals surface area contributed by atoms with Crippen molar-refractivity contribution in [2.24, 2.45) is 0 Å². The number of nitrogens with one attached hydrogen (secondary N) is 1. The maximum atomic E-state index is 15.1. The van der Waals surface area contributed by atoms with E-state index in [9.17, 15) is 9.59 Å². The van der Waals surface area contributed by atoms with E-state index >= 15 is 4.39 Å². The van der Waals surface area contributed by atoms with E-state index in [1.165, 1.54) is 24.3 Å². The first-order valence-corrected chi connectivity index (χ1v) is 8.52. The number of ether oxygens (including phenoxy) is 2. The number of benzene rings is 1. The maximum Gasteiger partial charge on any atom is 0.412 e. The Morgan fingerprint density at radius 2 is 1.74 bits per heavy atom. The Labute approximate surface area is 165 Å². The number of carbonyl (C=O) groups excluding carboxylic acids is 2. The van der Waals surface area contributed by atoms with Crippen LogP contribution in [0.4, 0.5) is 14.9 Å². The molecule has 0 saturated carbocycles. The van der Waals surface area contributed by atoms with E-state index in [1.54, 1.807) is 20.8 Å². The topological polar surface area (TPSA) is 77.5 Å². The number of methoxy groups -OCH3 is 1. The quantitative estimate of drug-likeness (QED) is 0.686. The molecule has 2 rings (SSSR count). The van der Waals surface area contributed by atoms with Gasteiger partial charge in [0.25, 0.3) is 0 Å². The third kappa shape index (κ3) is 5.08. The van der Waals surface area contributed by atoms with Crippen LogP contribution < -0.4 is 5.32 Å². The molecule has 1 N–H and O–H groups in total. The van der Waals surface area contributed by atoms with Crippen LogP contribution in [0.3, 0.4) is 0 Å². The molecule has 0 spiro atoms. The van der Waals surface area contributed by atoms with E-state index in [0.29, 0.717) is 10.6 Å². The van der Waals surface area contributed by atoms with Crippen LogP contribution in [0.5, 0.6) is 0 Å². The lowest BCUT2D eigenvalue weighted by Gasteiger charge is -2.21. The van der Waals surface area contributed by atoms with Crippen LogP contribution in [0.1, 0.15) is 31.3 Å². The molecule has 0 fully saturated rings. The van der Waals surface area contributed by atoms with Crippen molar-refractivity contribution < 1.29 is 23.5 Å². The summed E-state index contributed by atoms with van der Waals surface area (Å²) in [7, 11) is 1.13. The number of carbonyl (C=O) groups is 2. The third-order valence-electron chi connectivity index (χ3n) is 3.20. The molecule has 27 heavy (non-hydrogen) atoms. The second-order valence-corrected chi connectivity index (χ2v) is 7.25. The Morgan fingerprint density at radius 1 is 1.15 bits per heavy atom. The fourth-order valence-corrected chi connectivity index (χ4v) is 2.47. The van der Waals surface area contributed by atoms with Crippen LogP contribution in [0, 0.1) is 5.82 Å². The number of hydrogen-bond donors (Lipinski definition) is 1. The normalized spacial score (nSPS) is 11.1. The molecule has 9 heteroatoms. The van der Waals surface area contributed by atoms with Crippen LogP contribution in [0.15, 0.2) is 24.3 Å². The van der Waals surface area contributed by atoms with Crippen molar-refractivity contribution >= 4 is 41.0 Å². The average molecular weight is 415 g/mol. The molecule has 0 unspecified atom stereocenters. The SMILES string of the molecule is COC(=O)c1nc(-c2ccc(Cl)cc2)c(F)c(NC(=O)OC(C)(C)C)c1Cl. The molecular weight excluding hydrogens is 398 g/mol. The minimum atomic E-state index is -0.938. The summed E-state index contributed by atoms with van der Waals surface area (Å²) in [6, 6.07) is 6.09. The van der Waals surface area contributed by atoms with Crippen molar-refractivity contribution in [1.29, 1.82) is 0 Å². The zero-order chi connectivity index (χ0) is 20.4. The number of nitrogens with zero attached hydrogens (tertiary/aromatic N) is 1. The number of rotatable bonds is 3. The molecule has 144 valence electrons. The van der Waals surface area contributed by atoms with Crippen LogP contribution in [0.25, 0.3) is 11.3 Å². The average Bonchev–Trinajstić information content (AvgIpc) is 2.57. The minimum Gasteiger partial charge on any atom is -0.464 e. The molecule has 1 aromatic heterocycles. The largest absolute Gasteiger partial charge is 0.464 e. The zero-order valence-electron chi connectivity index (χ0n) is 15.0. The van der Waals surface area contributed by atoms with Gasteiger partial charge in [-0.15, -0.1) is 0 Å². The Kier molecular flexibility index (Phi) is 6.28. The standard InChI is InChI=1S/C18H17Cl2FN2O4/c1-18(2,3)27-17(25)23-14-11(20)15(16(24)26-4)22-13(12(14)21)9-5-7-10(19)8-6-9/h5-8H,1-4H3,(H,22,23,25). The lowest BCUT2D eigenvalue weighted by Crippen LogP contribution is -2.28. The molecule has 1 amide bonds. The first-order chi connectivity index (χ1) is 12.5. The van der Waals surface area contributed by atoms with Gasteiger partial charge in [0.15, 0.2) is 11.5 Å². The fourth-order valence-electron chi connectivity index (χ4n) is 2.09. The molecule has 0 saturated heterocycles. The summed E-state index contributed by atoms with van der Waals surface area (Å²) in [6.07, 6.45) is -0.938. The smallest absolute Gasteiger partial charge is 0.412 e. The highest BCUT2D eigenvalue weighted by Crippen LogP contribution is 2.35. The summed E-state index contributed by atoms with van der Waals surface area (Å²) in [5, 5.41) is 2.27. The van der Waals surface area contributed by atoms with Gasteiger partial charge in [-0.1, -0.05) is 35.3 Å². The van der Waals surface area contributed by atoms with Gasteiger partial charge in [-0.3, -0.25) is 5.32 Å². The number of amides is 1. The van der Waals surface area contributed by atoms with Crippen molar-refractivity contribution in [3.05, 3.63) is 45.8 Å². The fraction of sp³-hybridized carbons (Fsp3) is 0.278. The van der Waals surface area contributed by atoms with Crippen molar-refractivity contribution in [2.75, 3.05) is 12.4 Å². The minimum absolute atomic E-state index is 0.206. The van der Waals surface area contributed by atoms with Crippen LogP contribution >= 0.6 is 23.2 Å². The predicted molar refractivity (Wildman–Crippen MR) is 101 cm³/mol. The molecule has 0 radical (unpaired) electrons. The zero-order valence-corrected chi connectivity index (χ0v) is 16.5. The first kappa shape index (κ1) is 20.9. The third-order valence-corrected chi connectivity index (χ3v) is 3.82. The van der Waals surface area contributed by atoms with Gasteiger partial charge in [-0.2, -0.15) is 0 Å². The lowest BCUT2D eigenvalue weighted by molar-refractivity contribution is 0.0590. The second-order valence-electron chi connectivity index (χ2n) is 6.44. The van der Waals surface area contributed by atoms with E-state index in [0.717, 1.165) is 7.11 Å². The molecule has 0 bridgehead atoms. The van der Waals surface area contributed by atoms with Crippen molar-refractivity contribution in [3.8, 4) is 11.3 Å². The Morgan fingerprint density at radius 3 is 2.26 bits per heavy atom. The van der Waals surface area contributed by atoms with E-state index < -0.39 is 34.2 Å². The number of hydrogen-bond acceptors (Lipinski definition) is 5. The second kappa shape index (κ2) is 8.10. The van der Waals surface area contributed by atoms with Gasteiger partial charge in [0.05, 0.1) is 7.11 Å². The van der Waals surface area contributed by atoms with E-state index in [-0.39, 0.29) is 11.4 Å². The summed E-state index contributed by atoms with van der Waals surface area (Å²) < 4.78 is 24.8. The maximum absolute atomic E-state index is 15.1. The van der Waals surface area contributed by atoms with Gasteiger partial charge >= 0.3 is 12.1 Å². The van der Waals surface area contributed by atoms with E-state index in [1.807, 2.05) is 0 Å². The molecular formula is C18H17Cl2FN2O4. The van der Waals surface area contributed by atoms with Gasteiger partial charge < -0.3 is 9.47 Å². The molecule has 0 aliphatic carbocycles. The Hall–Kier alpha value is -2.38. The van der Waals surface area contributed by atoms with Crippen LogP contribution in [-0.2, 0) is 9.47 Å². The van der Waals surface area contributed by atoms with Gasteiger partial charge in [-0.05, 0) is 32.9 Å². The van der Waals surface area contributed by atoms with Gasteiger partial charge in [0, 0.05) is 10.6 Å². The van der Waals surface area contributed by atoms with Crippen molar-refractivity contribution in [2.45, 2.75) is 26.4 Å². The summed E-state index contributed by atoms with van der Waals surface area (Å²) >= 11 is 11.9. The highest BCUT2D eigenvalue weighted by atomic mass is 35.5. The summed E-state index contributed by atoms with van der Waals surface area (Å²) in [6.45, 7) is 4.95.